The highest BCUT2D eigenvalue weighted by Crippen LogP contribution is 2.30. The Morgan fingerprint density at radius 3 is 2.58 bits per heavy atom. The topological polar surface area (TPSA) is 25.2 Å². The van der Waals surface area contributed by atoms with Crippen molar-refractivity contribution in [1.29, 1.82) is 0 Å². The molecule has 1 N–H and O–H groups in total. The summed E-state index contributed by atoms with van der Waals surface area (Å²) in [6.07, 6.45) is 3.76. The second-order valence-corrected chi connectivity index (χ2v) is 5.47. The van der Waals surface area contributed by atoms with E-state index in [1.807, 2.05) is 20.9 Å². The Balaban J connectivity index is 2.00. The zero-order chi connectivity index (χ0) is 13.4. The Hall–Kier alpha value is -1.54. The van der Waals surface area contributed by atoms with E-state index in [1.165, 1.54) is 41.5 Å². The van der Waals surface area contributed by atoms with Crippen molar-refractivity contribution in [3.63, 3.8) is 0 Å². The molecule has 1 aliphatic carbocycles. The average molecular weight is 255 g/mol. The van der Waals surface area contributed by atoms with Crippen LogP contribution in [0.1, 0.15) is 46.2 Å². The molecule has 19 heavy (non-hydrogen) atoms. The molecule has 1 aromatic heterocycles. The Kier molecular flexibility index (Phi) is 3.19. The summed E-state index contributed by atoms with van der Waals surface area (Å²) in [5.74, 6) is 1.99. The van der Waals surface area contributed by atoms with Crippen LogP contribution in [0.25, 0.3) is 0 Å². The predicted octanol–water partition coefficient (Wildman–Crippen LogP) is 3.69. The van der Waals surface area contributed by atoms with Gasteiger partial charge in [0.1, 0.15) is 11.5 Å². The van der Waals surface area contributed by atoms with Gasteiger partial charge in [-0.1, -0.05) is 18.2 Å². The van der Waals surface area contributed by atoms with Gasteiger partial charge >= 0.3 is 0 Å². The van der Waals surface area contributed by atoms with Crippen LogP contribution in [0.2, 0.25) is 0 Å². The van der Waals surface area contributed by atoms with Crippen LogP contribution in [0.4, 0.5) is 0 Å². The van der Waals surface area contributed by atoms with E-state index in [9.17, 15) is 0 Å². The van der Waals surface area contributed by atoms with Crippen molar-refractivity contribution in [2.24, 2.45) is 0 Å². The molecule has 0 fully saturated rings. The second kappa shape index (κ2) is 4.86. The zero-order valence-electron chi connectivity index (χ0n) is 11.9. The summed E-state index contributed by atoms with van der Waals surface area (Å²) in [6, 6.07) is 9.29. The summed E-state index contributed by atoms with van der Waals surface area (Å²) in [7, 11) is 2.01. The van der Waals surface area contributed by atoms with Gasteiger partial charge in [-0.25, -0.2) is 0 Å². The van der Waals surface area contributed by atoms with Gasteiger partial charge in [-0.3, -0.25) is 0 Å². The summed E-state index contributed by atoms with van der Waals surface area (Å²) in [4.78, 5) is 0. The quantitative estimate of drug-likeness (QED) is 0.904. The lowest BCUT2D eigenvalue weighted by molar-refractivity contribution is 0.497. The van der Waals surface area contributed by atoms with E-state index < -0.39 is 0 Å². The van der Waals surface area contributed by atoms with E-state index in [4.69, 9.17) is 4.42 Å². The Labute approximate surface area is 114 Å². The molecule has 3 rings (SSSR count). The molecule has 0 saturated heterocycles. The van der Waals surface area contributed by atoms with Crippen molar-refractivity contribution >= 4 is 0 Å². The molecule has 0 bridgehead atoms. The lowest BCUT2D eigenvalue weighted by Crippen LogP contribution is -2.18. The normalized spacial score (nSPS) is 15.5. The van der Waals surface area contributed by atoms with Gasteiger partial charge in [-0.15, -0.1) is 0 Å². The molecule has 0 aliphatic heterocycles. The van der Waals surface area contributed by atoms with E-state index in [0.717, 1.165) is 11.5 Å². The van der Waals surface area contributed by atoms with Gasteiger partial charge in [-0.05, 0) is 62.9 Å². The molecular formula is C17H21NO. The predicted molar refractivity (Wildman–Crippen MR) is 77.6 cm³/mol. The van der Waals surface area contributed by atoms with Gasteiger partial charge in [0, 0.05) is 5.56 Å². The Bertz CT molecular complexity index is 597. The van der Waals surface area contributed by atoms with Crippen molar-refractivity contribution in [2.75, 3.05) is 7.05 Å². The van der Waals surface area contributed by atoms with Crippen LogP contribution in [-0.4, -0.2) is 7.05 Å². The summed E-state index contributed by atoms with van der Waals surface area (Å²) in [5.41, 5.74) is 5.64. The first-order chi connectivity index (χ1) is 9.19. The van der Waals surface area contributed by atoms with Crippen LogP contribution < -0.4 is 5.32 Å². The number of aryl methyl sites for hydroxylation is 4. The number of nitrogens with one attached hydrogen (secondary N) is 1. The van der Waals surface area contributed by atoms with Crippen molar-refractivity contribution in [2.45, 2.75) is 39.2 Å². The third-order valence-corrected chi connectivity index (χ3v) is 4.13. The SMILES string of the molecule is CNC(c1ccc2c(c1)CCC2)c1cc(C)oc1C. The van der Waals surface area contributed by atoms with Gasteiger partial charge in [-0.2, -0.15) is 0 Å². The molecule has 0 saturated carbocycles. The molecule has 0 spiro atoms. The van der Waals surface area contributed by atoms with E-state index in [-0.39, 0.29) is 6.04 Å². The molecule has 1 unspecified atom stereocenters. The summed E-state index contributed by atoms with van der Waals surface area (Å²) >= 11 is 0. The lowest BCUT2D eigenvalue weighted by atomic mass is 9.96. The fourth-order valence-electron chi connectivity index (χ4n) is 3.21. The number of fused-ring (bicyclic) bond motifs is 1. The molecule has 1 aliphatic rings. The van der Waals surface area contributed by atoms with E-state index in [0.29, 0.717) is 0 Å². The van der Waals surface area contributed by atoms with Crippen LogP contribution in [0.15, 0.2) is 28.7 Å². The van der Waals surface area contributed by atoms with Crippen LogP contribution >= 0.6 is 0 Å². The third kappa shape index (κ3) is 2.21. The number of benzene rings is 1. The van der Waals surface area contributed by atoms with Gasteiger partial charge in [0.05, 0.1) is 6.04 Å². The van der Waals surface area contributed by atoms with Crippen molar-refractivity contribution < 1.29 is 4.42 Å². The Morgan fingerprint density at radius 2 is 1.89 bits per heavy atom. The maximum Gasteiger partial charge on any atom is 0.106 e. The molecule has 0 amide bonds. The number of hydrogen-bond acceptors (Lipinski definition) is 2. The highest BCUT2D eigenvalue weighted by atomic mass is 16.3. The molecule has 2 heteroatoms. The van der Waals surface area contributed by atoms with Gasteiger partial charge in [0.15, 0.2) is 0 Å². The third-order valence-electron chi connectivity index (χ3n) is 4.13. The standard InChI is InChI=1S/C17H21NO/c1-11-9-16(12(2)19-11)17(18-3)15-8-7-13-5-4-6-14(13)10-15/h7-10,17-18H,4-6H2,1-3H3. The summed E-state index contributed by atoms with van der Waals surface area (Å²) in [5, 5.41) is 3.42. The Morgan fingerprint density at radius 1 is 1.11 bits per heavy atom. The first-order valence-electron chi connectivity index (χ1n) is 7.05. The molecule has 2 nitrogen and oxygen atoms in total. The van der Waals surface area contributed by atoms with E-state index in [2.05, 4.69) is 29.6 Å². The minimum Gasteiger partial charge on any atom is -0.466 e. The lowest BCUT2D eigenvalue weighted by Gasteiger charge is -2.17. The highest BCUT2D eigenvalue weighted by Gasteiger charge is 2.19. The molecular weight excluding hydrogens is 234 g/mol. The van der Waals surface area contributed by atoms with Crippen molar-refractivity contribution in [3.05, 3.63) is 58.0 Å². The highest BCUT2D eigenvalue weighted by molar-refractivity contribution is 5.41. The smallest absolute Gasteiger partial charge is 0.106 e. The summed E-state index contributed by atoms with van der Waals surface area (Å²) in [6.45, 7) is 4.05. The number of rotatable bonds is 3. The fraction of sp³-hybridized carbons (Fsp3) is 0.412. The largest absolute Gasteiger partial charge is 0.466 e. The van der Waals surface area contributed by atoms with Crippen LogP contribution in [-0.2, 0) is 12.8 Å². The zero-order valence-corrected chi connectivity index (χ0v) is 11.9. The minimum atomic E-state index is 0.225. The van der Waals surface area contributed by atoms with Gasteiger partial charge in [0.2, 0.25) is 0 Å². The molecule has 100 valence electrons. The van der Waals surface area contributed by atoms with Gasteiger partial charge < -0.3 is 9.73 Å². The van der Waals surface area contributed by atoms with E-state index >= 15 is 0 Å². The van der Waals surface area contributed by atoms with Crippen molar-refractivity contribution in [1.82, 2.24) is 5.32 Å². The molecule has 2 aromatic rings. The number of hydrogen-bond donors (Lipinski definition) is 1. The molecule has 1 atom stereocenters. The van der Waals surface area contributed by atoms with E-state index in [1.54, 1.807) is 0 Å². The van der Waals surface area contributed by atoms with Gasteiger partial charge in [0.25, 0.3) is 0 Å². The first-order valence-corrected chi connectivity index (χ1v) is 7.05. The fourth-order valence-corrected chi connectivity index (χ4v) is 3.21. The molecule has 0 radical (unpaired) electrons. The van der Waals surface area contributed by atoms with Crippen LogP contribution in [0.3, 0.4) is 0 Å². The average Bonchev–Trinajstić information content (AvgIpc) is 2.97. The minimum absolute atomic E-state index is 0.225. The maximum atomic E-state index is 5.67. The van der Waals surface area contributed by atoms with Crippen LogP contribution in [0, 0.1) is 13.8 Å². The van der Waals surface area contributed by atoms with Crippen molar-refractivity contribution in [3.8, 4) is 0 Å². The summed E-state index contributed by atoms with van der Waals surface area (Å²) < 4.78 is 5.67. The second-order valence-electron chi connectivity index (χ2n) is 5.47. The monoisotopic (exact) mass is 255 g/mol. The molecule has 1 aromatic carbocycles. The molecule has 1 heterocycles. The first kappa shape index (κ1) is 12.5. The maximum absolute atomic E-state index is 5.67. The van der Waals surface area contributed by atoms with Crippen LogP contribution in [0.5, 0.6) is 0 Å². The number of furan rings is 1.